The van der Waals surface area contributed by atoms with Crippen LogP contribution in [0.2, 0.25) is 0 Å². The molecule has 0 bridgehead atoms. The van der Waals surface area contributed by atoms with E-state index in [9.17, 15) is 29.4 Å². The molecule has 3 fully saturated rings. The van der Waals surface area contributed by atoms with Crippen LogP contribution in [0.5, 0.6) is 0 Å². The highest BCUT2D eigenvalue weighted by Gasteiger charge is 2.63. The lowest BCUT2D eigenvalue weighted by atomic mass is 9.46. The SMILES string of the molecule is C#C[C@@]1(O)CC[C@@H]2[C@@H]3CCC4=C/C(=N\OCC(=O)N[C@H](C(=O)N[C@@H](CC(=O)O)C(=O)O)C(C)C)CC[C@]4(C)[C@@H]3CC[C@@]21C. The molecule has 43 heavy (non-hydrogen) atoms. The minimum absolute atomic E-state index is 0.0454. The van der Waals surface area contributed by atoms with E-state index in [2.05, 4.69) is 41.6 Å². The Kier molecular flexibility index (Phi) is 9.31. The molecule has 2 amide bonds. The third-order valence-electron chi connectivity index (χ3n) is 11.0. The quantitative estimate of drug-likeness (QED) is 0.188. The Morgan fingerprint density at radius 2 is 1.77 bits per heavy atom. The molecule has 0 unspecified atom stereocenters. The van der Waals surface area contributed by atoms with Crippen molar-refractivity contribution in [1.82, 2.24) is 10.6 Å². The molecule has 3 saturated carbocycles. The number of fused-ring (bicyclic) bond motifs is 5. The first-order chi connectivity index (χ1) is 20.1. The van der Waals surface area contributed by atoms with E-state index in [0.29, 0.717) is 30.6 Å². The van der Waals surface area contributed by atoms with Gasteiger partial charge in [0.1, 0.15) is 17.7 Å². The van der Waals surface area contributed by atoms with E-state index in [0.717, 1.165) is 44.2 Å². The van der Waals surface area contributed by atoms with E-state index in [-0.39, 0.29) is 10.8 Å². The van der Waals surface area contributed by atoms with E-state index >= 15 is 0 Å². The minimum Gasteiger partial charge on any atom is -0.481 e. The van der Waals surface area contributed by atoms with Crippen molar-refractivity contribution in [1.29, 1.82) is 0 Å². The van der Waals surface area contributed by atoms with Crippen LogP contribution in [0, 0.1) is 46.8 Å². The van der Waals surface area contributed by atoms with Gasteiger partial charge in [0.2, 0.25) is 5.91 Å². The summed E-state index contributed by atoms with van der Waals surface area (Å²) in [5.41, 5.74) is 0.909. The summed E-state index contributed by atoms with van der Waals surface area (Å²) in [6, 6.07) is -2.70. The zero-order valence-electron chi connectivity index (χ0n) is 25.5. The summed E-state index contributed by atoms with van der Waals surface area (Å²) in [4.78, 5) is 52.9. The number of carbonyl (C=O) groups is 4. The van der Waals surface area contributed by atoms with Crippen LogP contribution in [0.15, 0.2) is 16.8 Å². The van der Waals surface area contributed by atoms with Crippen LogP contribution in [-0.2, 0) is 24.0 Å². The number of hydrogen-bond donors (Lipinski definition) is 5. The number of carbonyl (C=O) groups excluding carboxylic acids is 2. The van der Waals surface area contributed by atoms with Crippen molar-refractivity contribution in [2.75, 3.05) is 6.61 Å². The Bertz CT molecular complexity index is 1250. The van der Waals surface area contributed by atoms with Crippen molar-refractivity contribution >= 4 is 29.5 Å². The third kappa shape index (κ3) is 6.17. The van der Waals surface area contributed by atoms with Crippen LogP contribution < -0.4 is 10.6 Å². The molecular formula is C32H45N3O8. The van der Waals surface area contributed by atoms with Crippen LogP contribution in [0.4, 0.5) is 0 Å². The maximum atomic E-state index is 12.6. The highest BCUT2D eigenvalue weighted by Crippen LogP contribution is 2.67. The Balaban J connectivity index is 1.35. The average Bonchev–Trinajstić information content (AvgIpc) is 3.21. The number of allylic oxidation sites excluding steroid dienone is 2. The lowest BCUT2D eigenvalue weighted by Gasteiger charge is -2.58. The van der Waals surface area contributed by atoms with E-state index in [1.807, 2.05) is 0 Å². The van der Waals surface area contributed by atoms with E-state index in [1.54, 1.807) is 13.8 Å². The van der Waals surface area contributed by atoms with E-state index in [4.69, 9.17) is 16.4 Å². The molecule has 0 heterocycles. The number of carboxylic acids is 2. The molecule has 0 radical (unpaired) electrons. The summed E-state index contributed by atoms with van der Waals surface area (Å²) in [5.74, 6) is -0.430. The number of nitrogens with zero attached hydrogens (tertiary/aromatic N) is 1. The van der Waals surface area contributed by atoms with Gasteiger partial charge in [-0.3, -0.25) is 14.4 Å². The van der Waals surface area contributed by atoms with Crippen molar-refractivity contribution in [3.8, 4) is 12.3 Å². The lowest BCUT2D eigenvalue weighted by Crippen LogP contribution is -2.54. The molecule has 11 nitrogen and oxygen atoms in total. The molecule has 0 aliphatic heterocycles. The van der Waals surface area contributed by atoms with Crippen molar-refractivity contribution in [3.63, 3.8) is 0 Å². The fourth-order valence-electron chi connectivity index (χ4n) is 8.46. The molecule has 4 rings (SSSR count). The number of oxime groups is 1. The first-order valence-electron chi connectivity index (χ1n) is 15.3. The first kappa shape index (κ1) is 32.5. The standard InChI is InChI=1S/C32H45N3O8/c1-6-32(42)14-11-23-21-8-7-19-15-20(9-12-30(19,4)22(21)10-13-31(23,32)5)35-43-17-25(36)34-27(18(2)3)28(39)33-24(29(40)41)16-26(37)38/h1,15,18,21-24,27,42H,7-14,16-17H2,2-5H3,(H,33,39)(H,34,36)(H,37,38)(H,40,41)/b35-20-/t21-,22-,23-,24+,27+,30+,31+,32-/m1/s1. The molecule has 0 saturated heterocycles. The van der Waals surface area contributed by atoms with Crippen molar-refractivity contribution in [2.24, 2.45) is 39.7 Å². The topological polar surface area (TPSA) is 175 Å². The van der Waals surface area contributed by atoms with Gasteiger partial charge >= 0.3 is 11.9 Å². The monoisotopic (exact) mass is 599 g/mol. The average molecular weight is 600 g/mol. The number of carboxylic acid groups (broad SMARTS) is 2. The number of rotatable bonds is 10. The second kappa shape index (κ2) is 12.3. The first-order valence-corrected chi connectivity index (χ1v) is 15.3. The van der Waals surface area contributed by atoms with Gasteiger partial charge in [0.25, 0.3) is 5.91 Å². The molecule has 0 aromatic carbocycles. The molecule has 0 aromatic heterocycles. The number of hydrogen-bond acceptors (Lipinski definition) is 7. The fraction of sp³-hybridized carbons (Fsp3) is 0.719. The number of terminal acetylenes is 1. The van der Waals surface area contributed by atoms with E-state index < -0.39 is 60.4 Å². The molecule has 0 spiro atoms. The van der Waals surface area contributed by atoms with Gasteiger partial charge in [-0.05, 0) is 86.5 Å². The predicted octanol–water partition coefficient (Wildman–Crippen LogP) is 2.87. The van der Waals surface area contributed by atoms with Gasteiger partial charge < -0.3 is 30.8 Å². The van der Waals surface area contributed by atoms with Crippen LogP contribution in [0.25, 0.3) is 0 Å². The van der Waals surface area contributed by atoms with Gasteiger partial charge in [-0.2, -0.15) is 0 Å². The maximum absolute atomic E-state index is 12.6. The lowest BCUT2D eigenvalue weighted by molar-refractivity contribution is -0.147. The molecule has 236 valence electrons. The zero-order valence-corrected chi connectivity index (χ0v) is 25.5. The fourth-order valence-corrected chi connectivity index (χ4v) is 8.46. The molecule has 8 atom stereocenters. The highest BCUT2D eigenvalue weighted by molar-refractivity contribution is 5.96. The summed E-state index contributed by atoms with van der Waals surface area (Å²) in [6.45, 7) is 7.46. The summed E-state index contributed by atoms with van der Waals surface area (Å²) >= 11 is 0. The van der Waals surface area contributed by atoms with Crippen LogP contribution >= 0.6 is 0 Å². The Hall–Kier alpha value is -3.39. The van der Waals surface area contributed by atoms with Gasteiger partial charge in [-0.1, -0.05) is 44.3 Å². The molecule has 4 aliphatic carbocycles. The van der Waals surface area contributed by atoms with Gasteiger partial charge in [0.15, 0.2) is 6.61 Å². The van der Waals surface area contributed by atoms with Crippen molar-refractivity contribution in [2.45, 2.75) is 103 Å². The van der Waals surface area contributed by atoms with Gasteiger partial charge in [-0.25, -0.2) is 4.79 Å². The molecule has 4 aliphatic rings. The van der Waals surface area contributed by atoms with Crippen molar-refractivity contribution < 1.29 is 39.3 Å². The van der Waals surface area contributed by atoms with Crippen LogP contribution in [0.1, 0.15) is 85.5 Å². The van der Waals surface area contributed by atoms with Crippen molar-refractivity contribution in [3.05, 3.63) is 11.6 Å². The molecular weight excluding hydrogens is 554 g/mol. The molecule has 0 aromatic rings. The van der Waals surface area contributed by atoms with Gasteiger partial charge in [0, 0.05) is 5.41 Å². The summed E-state index contributed by atoms with van der Waals surface area (Å²) in [6.07, 6.45) is 14.4. The maximum Gasteiger partial charge on any atom is 0.326 e. The number of aliphatic carboxylic acids is 2. The Labute approximate surface area is 252 Å². The summed E-state index contributed by atoms with van der Waals surface area (Å²) < 4.78 is 0. The molecule has 11 heteroatoms. The Morgan fingerprint density at radius 3 is 2.40 bits per heavy atom. The highest BCUT2D eigenvalue weighted by atomic mass is 16.6. The van der Waals surface area contributed by atoms with E-state index in [1.165, 1.54) is 5.57 Å². The normalized spacial score (nSPS) is 35.3. The number of amides is 2. The largest absolute Gasteiger partial charge is 0.481 e. The predicted molar refractivity (Wildman–Crippen MR) is 157 cm³/mol. The minimum atomic E-state index is -1.62. The number of aliphatic hydroxyl groups is 1. The van der Waals surface area contributed by atoms with Crippen LogP contribution in [-0.4, -0.2) is 69.1 Å². The molecule has 5 N–H and O–H groups in total. The third-order valence-corrected chi connectivity index (χ3v) is 11.0. The number of nitrogens with one attached hydrogen (secondary N) is 2. The van der Waals surface area contributed by atoms with Crippen LogP contribution in [0.3, 0.4) is 0 Å². The second-order valence-electron chi connectivity index (χ2n) is 13.6. The Morgan fingerprint density at radius 1 is 1.07 bits per heavy atom. The summed E-state index contributed by atoms with van der Waals surface area (Å²) in [7, 11) is 0. The van der Waals surface area contributed by atoms with Gasteiger partial charge in [-0.15, -0.1) is 6.42 Å². The van der Waals surface area contributed by atoms with Gasteiger partial charge in [0.05, 0.1) is 12.1 Å². The second-order valence-corrected chi connectivity index (χ2v) is 13.6. The zero-order chi connectivity index (χ0) is 31.7. The smallest absolute Gasteiger partial charge is 0.326 e. The summed E-state index contributed by atoms with van der Waals surface area (Å²) in [5, 5.41) is 38.3.